The third kappa shape index (κ3) is 2.74. The van der Waals surface area contributed by atoms with Gasteiger partial charge in [0, 0.05) is 19.6 Å². The SMILES string of the molecule is NCC1CN(C(=O)c2cc(Cl)c(Cl)[nH]2)CCO1. The van der Waals surface area contributed by atoms with E-state index in [4.69, 9.17) is 33.7 Å². The van der Waals surface area contributed by atoms with Crippen molar-refractivity contribution in [2.45, 2.75) is 6.10 Å². The van der Waals surface area contributed by atoms with E-state index in [1.807, 2.05) is 0 Å². The molecule has 0 aromatic carbocycles. The van der Waals surface area contributed by atoms with Crippen LogP contribution in [-0.4, -0.2) is 48.1 Å². The van der Waals surface area contributed by atoms with Gasteiger partial charge in [0.25, 0.3) is 5.91 Å². The van der Waals surface area contributed by atoms with Crippen molar-refractivity contribution in [1.82, 2.24) is 9.88 Å². The van der Waals surface area contributed by atoms with Crippen molar-refractivity contribution in [3.63, 3.8) is 0 Å². The number of nitrogens with zero attached hydrogens (tertiary/aromatic N) is 1. The molecular weight excluding hydrogens is 265 g/mol. The number of rotatable bonds is 2. The van der Waals surface area contributed by atoms with Crippen LogP contribution in [0.3, 0.4) is 0 Å². The summed E-state index contributed by atoms with van der Waals surface area (Å²) < 4.78 is 5.39. The van der Waals surface area contributed by atoms with Gasteiger partial charge in [-0.05, 0) is 6.07 Å². The third-order valence-corrected chi connectivity index (χ3v) is 3.34. The first kappa shape index (κ1) is 12.7. The van der Waals surface area contributed by atoms with Crippen LogP contribution in [-0.2, 0) is 4.74 Å². The topological polar surface area (TPSA) is 71.3 Å². The van der Waals surface area contributed by atoms with Gasteiger partial charge >= 0.3 is 0 Å². The normalized spacial score (nSPS) is 20.6. The first-order valence-corrected chi connectivity index (χ1v) is 6.02. The number of morpholine rings is 1. The van der Waals surface area contributed by atoms with Crippen molar-refractivity contribution in [2.24, 2.45) is 5.73 Å². The van der Waals surface area contributed by atoms with E-state index in [0.29, 0.717) is 37.0 Å². The summed E-state index contributed by atoms with van der Waals surface area (Å²) in [5.74, 6) is -0.138. The third-order valence-electron chi connectivity index (χ3n) is 2.64. The van der Waals surface area contributed by atoms with Gasteiger partial charge in [0.15, 0.2) is 0 Å². The average molecular weight is 278 g/mol. The Morgan fingerprint density at radius 2 is 2.41 bits per heavy atom. The largest absolute Gasteiger partial charge is 0.373 e. The van der Waals surface area contributed by atoms with Gasteiger partial charge in [-0.3, -0.25) is 4.79 Å². The van der Waals surface area contributed by atoms with Crippen LogP contribution in [0.25, 0.3) is 0 Å². The fourth-order valence-electron chi connectivity index (χ4n) is 1.74. The highest BCUT2D eigenvalue weighted by Crippen LogP contribution is 2.23. The van der Waals surface area contributed by atoms with Crippen LogP contribution in [0.5, 0.6) is 0 Å². The number of carbonyl (C=O) groups excluding carboxylic acids is 1. The second kappa shape index (κ2) is 5.27. The highest BCUT2D eigenvalue weighted by atomic mass is 35.5. The predicted octanol–water partition coefficient (Wildman–Crippen LogP) is 1.12. The number of nitrogens with one attached hydrogen (secondary N) is 1. The second-order valence-corrected chi connectivity index (χ2v) is 4.61. The number of ether oxygens (including phenoxy) is 1. The molecule has 0 radical (unpaired) electrons. The number of aromatic nitrogens is 1. The molecule has 1 unspecified atom stereocenters. The molecule has 0 aliphatic carbocycles. The van der Waals surface area contributed by atoms with Crippen LogP contribution in [0.15, 0.2) is 6.07 Å². The lowest BCUT2D eigenvalue weighted by molar-refractivity contribution is -0.0169. The Bertz CT molecular complexity index is 402. The molecule has 94 valence electrons. The highest BCUT2D eigenvalue weighted by Gasteiger charge is 2.25. The Kier molecular flexibility index (Phi) is 3.93. The van der Waals surface area contributed by atoms with E-state index in [-0.39, 0.29) is 17.2 Å². The van der Waals surface area contributed by atoms with Crippen molar-refractivity contribution in [3.8, 4) is 0 Å². The lowest BCUT2D eigenvalue weighted by Crippen LogP contribution is -2.48. The number of H-pyrrole nitrogens is 1. The van der Waals surface area contributed by atoms with Gasteiger partial charge in [0.05, 0.1) is 17.7 Å². The molecule has 1 aromatic heterocycles. The summed E-state index contributed by atoms with van der Waals surface area (Å²) in [4.78, 5) is 16.5. The summed E-state index contributed by atoms with van der Waals surface area (Å²) in [7, 11) is 0. The number of hydrogen-bond donors (Lipinski definition) is 2. The zero-order valence-corrected chi connectivity index (χ0v) is 10.6. The molecule has 1 fully saturated rings. The summed E-state index contributed by atoms with van der Waals surface area (Å²) in [6.07, 6.45) is -0.103. The van der Waals surface area contributed by atoms with Gasteiger partial charge in [-0.15, -0.1) is 0 Å². The fourth-order valence-corrected chi connectivity index (χ4v) is 2.05. The molecule has 0 spiro atoms. The maximum atomic E-state index is 12.1. The molecule has 2 heterocycles. The zero-order valence-electron chi connectivity index (χ0n) is 9.08. The molecular formula is C10H13Cl2N3O2. The molecule has 3 N–H and O–H groups in total. The molecule has 0 saturated carbocycles. The molecule has 1 atom stereocenters. The quantitative estimate of drug-likeness (QED) is 0.851. The van der Waals surface area contributed by atoms with E-state index < -0.39 is 0 Å². The minimum absolute atomic E-state index is 0.103. The molecule has 2 rings (SSSR count). The van der Waals surface area contributed by atoms with Crippen LogP contribution >= 0.6 is 23.2 Å². The summed E-state index contributed by atoms with van der Waals surface area (Å²) >= 11 is 11.6. The van der Waals surface area contributed by atoms with Gasteiger partial charge in [0.1, 0.15) is 10.8 Å². The van der Waals surface area contributed by atoms with E-state index in [2.05, 4.69) is 4.98 Å². The van der Waals surface area contributed by atoms with Crippen molar-refractivity contribution in [1.29, 1.82) is 0 Å². The summed E-state index contributed by atoms with van der Waals surface area (Å²) in [6, 6.07) is 1.53. The monoisotopic (exact) mass is 277 g/mol. The van der Waals surface area contributed by atoms with E-state index in [9.17, 15) is 4.79 Å². The number of amides is 1. The minimum Gasteiger partial charge on any atom is -0.373 e. The minimum atomic E-state index is -0.138. The van der Waals surface area contributed by atoms with Crippen LogP contribution in [0.2, 0.25) is 10.2 Å². The number of halogens is 2. The molecule has 1 amide bonds. The first-order chi connectivity index (χ1) is 8.11. The van der Waals surface area contributed by atoms with Crippen molar-refractivity contribution in [2.75, 3.05) is 26.2 Å². The first-order valence-electron chi connectivity index (χ1n) is 5.26. The smallest absolute Gasteiger partial charge is 0.270 e. The maximum absolute atomic E-state index is 12.1. The van der Waals surface area contributed by atoms with E-state index in [1.165, 1.54) is 6.07 Å². The van der Waals surface area contributed by atoms with E-state index >= 15 is 0 Å². The molecule has 0 bridgehead atoms. The standard InChI is InChI=1S/C10H13Cl2N3O2/c11-7-3-8(14-9(7)12)10(16)15-1-2-17-6(4-13)5-15/h3,6,14H,1-2,4-5,13H2. The molecule has 1 saturated heterocycles. The van der Waals surface area contributed by atoms with Crippen molar-refractivity contribution < 1.29 is 9.53 Å². The predicted molar refractivity (Wildman–Crippen MR) is 65.5 cm³/mol. The molecule has 7 heteroatoms. The number of aromatic amines is 1. The van der Waals surface area contributed by atoms with Crippen LogP contribution in [0, 0.1) is 0 Å². The van der Waals surface area contributed by atoms with E-state index in [1.54, 1.807) is 4.90 Å². The zero-order chi connectivity index (χ0) is 12.4. The van der Waals surface area contributed by atoms with Gasteiger partial charge < -0.3 is 20.4 Å². The Hall–Kier alpha value is -0.750. The second-order valence-electron chi connectivity index (χ2n) is 3.82. The maximum Gasteiger partial charge on any atom is 0.270 e. The number of hydrogen-bond acceptors (Lipinski definition) is 3. The Morgan fingerprint density at radius 3 is 3.00 bits per heavy atom. The molecule has 5 nitrogen and oxygen atoms in total. The van der Waals surface area contributed by atoms with Gasteiger partial charge in [-0.1, -0.05) is 23.2 Å². The van der Waals surface area contributed by atoms with Gasteiger partial charge in [-0.25, -0.2) is 0 Å². The van der Waals surface area contributed by atoms with Crippen molar-refractivity contribution in [3.05, 3.63) is 21.9 Å². The molecule has 1 aliphatic heterocycles. The van der Waals surface area contributed by atoms with E-state index in [0.717, 1.165) is 0 Å². The average Bonchev–Trinajstić information content (AvgIpc) is 2.69. The Morgan fingerprint density at radius 1 is 1.65 bits per heavy atom. The van der Waals surface area contributed by atoms with Crippen molar-refractivity contribution >= 4 is 29.1 Å². The van der Waals surface area contributed by atoms with Crippen LogP contribution in [0.4, 0.5) is 0 Å². The lowest BCUT2D eigenvalue weighted by Gasteiger charge is -2.32. The summed E-state index contributed by atoms with van der Waals surface area (Å²) in [6.45, 7) is 1.93. The summed E-state index contributed by atoms with van der Waals surface area (Å²) in [5.41, 5.74) is 5.91. The molecule has 1 aliphatic rings. The van der Waals surface area contributed by atoms with Crippen LogP contribution < -0.4 is 5.73 Å². The molecule has 17 heavy (non-hydrogen) atoms. The number of carbonyl (C=O) groups is 1. The Balaban J connectivity index is 2.09. The van der Waals surface area contributed by atoms with Crippen LogP contribution in [0.1, 0.15) is 10.5 Å². The highest BCUT2D eigenvalue weighted by molar-refractivity contribution is 6.41. The van der Waals surface area contributed by atoms with Gasteiger partial charge in [-0.2, -0.15) is 0 Å². The lowest BCUT2D eigenvalue weighted by atomic mass is 10.2. The molecule has 1 aromatic rings. The Labute approximate surface area is 109 Å². The fraction of sp³-hybridized carbons (Fsp3) is 0.500. The summed E-state index contributed by atoms with van der Waals surface area (Å²) in [5, 5.41) is 0.623. The number of nitrogens with two attached hydrogens (primary N) is 1. The van der Waals surface area contributed by atoms with Gasteiger partial charge in [0.2, 0.25) is 0 Å².